The Bertz CT molecular complexity index is 1090. The summed E-state index contributed by atoms with van der Waals surface area (Å²) in [5.41, 5.74) is 4.08. The van der Waals surface area contributed by atoms with Crippen LogP contribution in [0.5, 0.6) is 5.75 Å². The Kier molecular flexibility index (Phi) is 5.92. The summed E-state index contributed by atoms with van der Waals surface area (Å²) < 4.78 is 7.76. The van der Waals surface area contributed by atoms with Crippen LogP contribution in [0.15, 0.2) is 72.8 Å². The van der Waals surface area contributed by atoms with Crippen LogP contribution in [-0.4, -0.2) is 60.7 Å². The van der Waals surface area contributed by atoms with Crippen molar-refractivity contribution >= 4 is 21.8 Å². The van der Waals surface area contributed by atoms with E-state index >= 15 is 0 Å². The van der Waals surface area contributed by atoms with Gasteiger partial charge in [-0.3, -0.25) is 4.90 Å². The van der Waals surface area contributed by atoms with Crippen molar-refractivity contribution in [1.82, 2.24) is 14.4 Å². The molecule has 1 aliphatic rings. The Balaban J connectivity index is 1.16. The van der Waals surface area contributed by atoms with Gasteiger partial charge in [0.15, 0.2) is 0 Å². The number of nitrogens with zero attached hydrogens (tertiary/aromatic N) is 3. The summed E-state index contributed by atoms with van der Waals surface area (Å²) >= 11 is 0. The quantitative estimate of drug-likeness (QED) is 0.439. The number of para-hydroxylation sites is 2. The van der Waals surface area contributed by atoms with Crippen LogP contribution in [-0.2, 0) is 13.0 Å². The molecule has 0 atom stereocenters. The maximum Gasteiger partial charge on any atom is 0.118 e. The van der Waals surface area contributed by atoms with Gasteiger partial charge in [0.05, 0.1) is 7.11 Å². The minimum absolute atomic E-state index is 0.931. The van der Waals surface area contributed by atoms with Gasteiger partial charge in [0.25, 0.3) is 0 Å². The van der Waals surface area contributed by atoms with E-state index in [1.807, 2.05) is 0 Å². The van der Waals surface area contributed by atoms with E-state index in [4.69, 9.17) is 4.74 Å². The summed E-state index contributed by atoms with van der Waals surface area (Å²) in [5.74, 6) is 0.931. The highest BCUT2D eigenvalue weighted by molar-refractivity contribution is 6.07. The van der Waals surface area contributed by atoms with Crippen molar-refractivity contribution in [2.45, 2.75) is 13.0 Å². The monoisotopic (exact) mass is 413 g/mol. The number of hydrogen-bond acceptors (Lipinski definition) is 3. The zero-order valence-corrected chi connectivity index (χ0v) is 18.3. The zero-order valence-electron chi connectivity index (χ0n) is 18.3. The van der Waals surface area contributed by atoms with E-state index in [9.17, 15) is 0 Å². The van der Waals surface area contributed by atoms with Crippen molar-refractivity contribution in [1.29, 1.82) is 0 Å². The summed E-state index contributed by atoms with van der Waals surface area (Å²) in [6, 6.07) is 26.1. The molecule has 4 aromatic rings. The van der Waals surface area contributed by atoms with Crippen LogP contribution in [0.3, 0.4) is 0 Å². The summed E-state index contributed by atoms with van der Waals surface area (Å²) in [6.07, 6.45) is 1.10. The van der Waals surface area contributed by atoms with Gasteiger partial charge in [-0.2, -0.15) is 0 Å². The molecule has 5 rings (SSSR count). The minimum Gasteiger partial charge on any atom is -0.497 e. The Morgan fingerprint density at radius 1 is 0.645 bits per heavy atom. The van der Waals surface area contributed by atoms with Crippen LogP contribution >= 0.6 is 0 Å². The third-order valence-corrected chi connectivity index (χ3v) is 6.66. The van der Waals surface area contributed by atoms with Gasteiger partial charge < -0.3 is 14.2 Å². The molecule has 2 heterocycles. The first kappa shape index (κ1) is 20.1. The molecule has 3 aromatic carbocycles. The van der Waals surface area contributed by atoms with Gasteiger partial charge in [-0.05, 0) is 36.2 Å². The maximum atomic E-state index is 5.25. The molecule has 1 aliphatic heterocycles. The first-order valence-corrected chi connectivity index (χ1v) is 11.4. The first-order valence-electron chi connectivity index (χ1n) is 11.4. The Hall–Kier alpha value is -2.82. The van der Waals surface area contributed by atoms with Crippen molar-refractivity contribution in [3.63, 3.8) is 0 Å². The predicted molar refractivity (Wildman–Crippen MR) is 129 cm³/mol. The van der Waals surface area contributed by atoms with E-state index in [1.54, 1.807) is 7.11 Å². The predicted octanol–water partition coefficient (Wildman–Crippen LogP) is 4.66. The van der Waals surface area contributed by atoms with Gasteiger partial charge >= 0.3 is 0 Å². The van der Waals surface area contributed by atoms with Crippen LogP contribution in [0, 0.1) is 0 Å². The Morgan fingerprint density at radius 2 is 1.19 bits per heavy atom. The third-order valence-electron chi connectivity index (χ3n) is 6.66. The van der Waals surface area contributed by atoms with Crippen LogP contribution < -0.4 is 4.74 Å². The smallest absolute Gasteiger partial charge is 0.118 e. The highest BCUT2D eigenvalue weighted by atomic mass is 16.5. The van der Waals surface area contributed by atoms with Crippen LogP contribution in [0.4, 0.5) is 0 Å². The molecule has 1 saturated heterocycles. The van der Waals surface area contributed by atoms with E-state index < -0.39 is 0 Å². The average Bonchev–Trinajstić information content (AvgIpc) is 3.16. The molecule has 0 saturated carbocycles. The molecular formula is C27H31N3O. The highest BCUT2D eigenvalue weighted by Crippen LogP contribution is 2.28. The van der Waals surface area contributed by atoms with E-state index in [2.05, 4.69) is 87.2 Å². The van der Waals surface area contributed by atoms with Crippen molar-refractivity contribution < 1.29 is 4.74 Å². The molecule has 4 nitrogen and oxygen atoms in total. The van der Waals surface area contributed by atoms with Crippen LogP contribution in [0.1, 0.15) is 5.56 Å². The molecular weight excluding hydrogens is 382 g/mol. The molecule has 160 valence electrons. The number of ether oxygens (including phenoxy) is 1. The van der Waals surface area contributed by atoms with E-state index in [1.165, 1.54) is 27.4 Å². The Morgan fingerprint density at radius 3 is 1.77 bits per heavy atom. The second-order valence-electron chi connectivity index (χ2n) is 8.47. The fourth-order valence-electron chi connectivity index (χ4n) is 4.80. The molecule has 0 amide bonds. The van der Waals surface area contributed by atoms with Crippen molar-refractivity contribution in [2.24, 2.45) is 0 Å². The average molecular weight is 414 g/mol. The van der Waals surface area contributed by atoms with Gasteiger partial charge in [-0.25, -0.2) is 0 Å². The van der Waals surface area contributed by atoms with Crippen molar-refractivity contribution in [3.05, 3.63) is 78.4 Å². The largest absolute Gasteiger partial charge is 0.497 e. The second-order valence-corrected chi connectivity index (χ2v) is 8.47. The number of fused-ring (bicyclic) bond motifs is 3. The van der Waals surface area contributed by atoms with E-state index in [-0.39, 0.29) is 0 Å². The number of piperazine rings is 1. The van der Waals surface area contributed by atoms with Gasteiger partial charge in [0.2, 0.25) is 0 Å². The lowest BCUT2D eigenvalue weighted by atomic mass is 10.1. The maximum absolute atomic E-state index is 5.25. The second kappa shape index (κ2) is 9.13. The van der Waals surface area contributed by atoms with Gasteiger partial charge in [0.1, 0.15) is 5.75 Å². The van der Waals surface area contributed by atoms with Gasteiger partial charge in [-0.15, -0.1) is 0 Å². The third kappa shape index (κ3) is 4.32. The Labute approximate surface area is 184 Å². The van der Waals surface area contributed by atoms with Crippen LogP contribution in [0.2, 0.25) is 0 Å². The molecule has 1 fully saturated rings. The lowest BCUT2D eigenvalue weighted by Crippen LogP contribution is -2.47. The number of rotatable bonds is 7. The molecule has 0 radical (unpaired) electrons. The molecule has 0 bridgehead atoms. The molecule has 4 heteroatoms. The number of methoxy groups -OCH3 is 1. The number of benzene rings is 3. The minimum atomic E-state index is 0.931. The molecule has 0 N–H and O–H groups in total. The molecule has 0 unspecified atom stereocenters. The summed E-state index contributed by atoms with van der Waals surface area (Å²) in [4.78, 5) is 5.22. The lowest BCUT2D eigenvalue weighted by Gasteiger charge is -2.34. The summed E-state index contributed by atoms with van der Waals surface area (Å²) in [6.45, 7) is 7.90. The van der Waals surface area contributed by atoms with Crippen molar-refractivity contribution in [2.75, 3.05) is 46.4 Å². The fourth-order valence-corrected chi connectivity index (χ4v) is 4.80. The molecule has 1 aromatic heterocycles. The topological polar surface area (TPSA) is 20.6 Å². The first-order chi connectivity index (χ1) is 15.3. The molecule has 31 heavy (non-hydrogen) atoms. The molecule has 0 aliphatic carbocycles. The van der Waals surface area contributed by atoms with Crippen molar-refractivity contribution in [3.8, 4) is 5.75 Å². The van der Waals surface area contributed by atoms with Gasteiger partial charge in [0, 0.05) is 67.6 Å². The lowest BCUT2D eigenvalue weighted by molar-refractivity contribution is 0.131. The highest BCUT2D eigenvalue weighted by Gasteiger charge is 2.17. The SMILES string of the molecule is COc1ccc(CCN2CCN(CCn3c4ccccc4c4ccccc43)CC2)cc1. The standard InChI is InChI=1S/C27H31N3O/c1-31-23-12-10-22(11-13-23)14-15-28-16-18-29(19-17-28)20-21-30-26-8-4-2-6-24(26)25-7-3-5-9-27(25)30/h2-13H,14-21H2,1H3. The summed E-state index contributed by atoms with van der Waals surface area (Å²) in [7, 11) is 1.72. The number of aromatic nitrogens is 1. The fraction of sp³-hybridized carbons (Fsp3) is 0.333. The van der Waals surface area contributed by atoms with E-state index in [0.717, 1.165) is 58.0 Å². The van der Waals surface area contributed by atoms with Gasteiger partial charge in [-0.1, -0.05) is 48.5 Å². The van der Waals surface area contributed by atoms with Crippen LogP contribution in [0.25, 0.3) is 21.8 Å². The molecule has 0 spiro atoms. The zero-order chi connectivity index (χ0) is 21.0. The summed E-state index contributed by atoms with van der Waals surface area (Å²) in [5, 5.41) is 2.72. The number of hydrogen-bond donors (Lipinski definition) is 0. The normalized spacial score (nSPS) is 15.6. The van der Waals surface area contributed by atoms with E-state index in [0.29, 0.717) is 0 Å².